The average Bonchev–Trinajstić information content (AvgIpc) is 2.42. The van der Waals surface area contributed by atoms with Crippen molar-refractivity contribution in [3.05, 3.63) is 48.0 Å². The SMILES string of the molecule is O=C(Nc1cccc(C(F)(F)F)c1)Nc1c(O)cccc1O. The number of phenols is 2. The van der Waals surface area contributed by atoms with Gasteiger partial charge in [0, 0.05) is 5.69 Å². The number of carbonyl (C=O) groups is 1. The molecule has 0 bridgehead atoms. The molecule has 2 aromatic rings. The number of aromatic hydroxyl groups is 2. The molecule has 116 valence electrons. The lowest BCUT2D eigenvalue weighted by molar-refractivity contribution is -0.137. The van der Waals surface area contributed by atoms with Gasteiger partial charge in [0.2, 0.25) is 0 Å². The van der Waals surface area contributed by atoms with Crippen LogP contribution in [-0.2, 0) is 6.18 Å². The summed E-state index contributed by atoms with van der Waals surface area (Å²) in [6, 6.07) is 6.99. The van der Waals surface area contributed by atoms with Crippen LogP contribution >= 0.6 is 0 Å². The Hall–Kier alpha value is -2.90. The second-order valence-corrected chi connectivity index (χ2v) is 4.33. The van der Waals surface area contributed by atoms with E-state index in [-0.39, 0.29) is 22.9 Å². The number of para-hydroxylation sites is 1. The Morgan fingerprint density at radius 2 is 1.55 bits per heavy atom. The summed E-state index contributed by atoms with van der Waals surface area (Å²) in [7, 11) is 0. The first-order valence-electron chi connectivity index (χ1n) is 6.03. The highest BCUT2D eigenvalue weighted by molar-refractivity contribution is 6.01. The molecule has 2 rings (SSSR count). The van der Waals surface area contributed by atoms with Crippen molar-refractivity contribution in [2.24, 2.45) is 0 Å². The lowest BCUT2D eigenvalue weighted by atomic mass is 10.2. The molecule has 8 heteroatoms. The van der Waals surface area contributed by atoms with E-state index in [0.717, 1.165) is 18.2 Å². The van der Waals surface area contributed by atoms with E-state index in [9.17, 15) is 28.2 Å². The smallest absolute Gasteiger partial charge is 0.416 e. The number of phenolic OH excluding ortho intramolecular Hbond substituents is 2. The fraction of sp³-hybridized carbons (Fsp3) is 0.0714. The summed E-state index contributed by atoms with van der Waals surface area (Å²) < 4.78 is 37.7. The first-order valence-corrected chi connectivity index (χ1v) is 6.03. The first-order chi connectivity index (χ1) is 10.3. The van der Waals surface area contributed by atoms with Crippen molar-refractivity contribution in [1.29, 1.82) is 0 Å². The minimum atomic E-state index is -4.52. The van der Waals surface area contributed by atoms with Gasteiger partial charge in [-0.1, -0.05) is 12.1 Å². The second-order valence-electron chi connectivity index (χ2n) is 4.33. The monoisotopic (exact) mass is 312 g/mol. The first kappa shape index (κ1) is 15.5. The van der Waals surface area contributed by atoms with E-state index in [2.05, 4.69) is 10.6 Å². The molecule has 4 N–H and O–H groups in total. The van der Waals surface area contributed by atoms with E-state index >= 15 is 0 Å². The van der Waals surface area contributed by atoms with Crippen LogP contribution in [0.1, 0.15) is 5.56 Å². The molecule has 0 spiro atoms. The summed E-state index contributed by atoms with van der Waals surface area (Å²) in [4.78, 5) is 11.7. The van der Waals surface area contributed by atoms with Gasteiger partial charge < -0.3 is 20.8 Å². The van der Waals surface area contributed by atoms with Gasteiger partial charge in [0.15, 0.2) is 0 Å². The number of amides is 2. The molecule has 0 atom stereocenters. The van der Waals surface area contributed by atoms with Crippen LogP contribution in [-0.4, -0.2) is 16.2 Å². The quantitative estimate of drug-likeness (QED) is 0.637. The van der Waals surface area contributed by atoms with Crippen molar-refractivity contribution in [2.45, 2.75) is 6.18 Å². The lowest BCUT2D eigenvalue weighted by Gasteiger charge is -2.12. The Kier molecular flexibility index (Phi) is 4.11. The zero-order chi connectivity index (χ0) is 16.3. The van der Waals surface area contributed by atoms with Gasteiger partial charge in [-0.2, -0.15) is 13.2 Å². The number of alkyl halides is 3. The van der Waals surface area contributed by atoms with E-state index < -0.39 is 17.8 Å². The third-order valence-corrected chi connectivity index (χ3v) is 2.71. The Bertz CT molecular complexity index is 682. The van der Waals surface area contributed by atoms with E-state index in [1.807, 2.05) is 0 Å². The van der Waals surface area contributed by atoms with Gasteiger partial charge in [0.1, 0.15) is 17.2 Å². The molecule has 0 radical (unpaired) electrons. The number of halogens is 3. The maximum absolute atomic E-state index is 12.6. The van der Waals surface area contributed by atoms with Gasteiger partial charge in [0.05, 0.1) is 5.56 Å². The van der Waals surface area contributed by atoms with E-state index in [1.54, 1.807) is 0 Å². The molecule has 0 saturated carbocycles. The van der Waals surface area contributed by atoms with Crippen LogP contribution in [0.5, 0.6) is 11.5 Å². The van der Waals surface area contributed by atoms with Crippen molar-refractivity contribution in [1.82, 2.24) is 0 Å². The molecule has 0 aromatic heterocycles. The number of anilines is 2. The van der Waals surface area contributed by atoms with Crippen LogP contribution in [0.15, 0.2) is 42.5 Å². The zero-order valence-electron chi connectivity index (χ0n) is 11.0. The van der Waals surface area contributed by atoms with Crippen molar-refractivity contribution in [2.75, 3.05) is 10.6 Å². The van der Waals surface area contributed by atoms with Crippen molar-refractivity contribution >= 4 is 17.4 Å². The highest BCUT2D eigenvalue weighted by atomic mass is 19.4. The number of benzene rings is 2. The number of urea groups is 1. The van der Waals surface area contributed by atoms with Crippen LogP contribution in [0.4, 0.5) is 29.3 Å². The third kappa shape index (κ3) is 3.60. The molecular weight excluding hydrogens is 301 g/mol. The summed E-state index contributed by atoms with van der Waals surface area (Å²) in [5, 5.41) is 23.4. The summed E-state index contributed by atoms with van der Waals surface area (Å²) in [6.45, 7) is 0. The van der Waals surface area contributed by atoms with E-state index in [4.69, 9.17) is 0 Å². The standard InChI is InChI=1S/C14H11F3N2O3/c15-14(16,17)8-3-1-4-9(7-8)18-13(22)19-12-10(20)5-2-6-11(12)21/h1-7,20-21H,(H2,18,19,22). The van der Waals surface area contributed by atoms with Gasteiger partial charge in [-0.25, -0.2) is 4.79 Å². The number of hydrogen-bond donors (Lipinski definition) is 4. The highest BCUT2D eigenvalue weighted by Gasteiger charge is 2.30. The van der Waals surface area contributed by atoms with Crippen molar-refractivity contribution in [3.63, 3.8) is 0 Å². The minimum Gasteiger partial charge on any atom is -0.506 e. The predicted octanol–water partition coefficient (Wildman–Crippen LogP) is 3.76. The number of hydrogen-bond acceptors (Lipinski definition) is 3. The largest absolute Gasteiger partial charge is 0.506 e. The maximum atomic E-state index is 12.6. The Morgan fingerprint density at radius 1 is 0.955 bits per heavy atom. The summed E-state index contributed by atoms with van der Waals surface area (Å²) >= 11 is 0. The van der Waals surface area contributed by atoms with Gasteiger partial charge in [-0.15, -0.1) is 0 Å². The Labute approximate surface area is 123 Å². The van der Waals surface area contributed by atoms with Gasteiger partial charge in [-0.05, 0) is 30.3 Å². The Morgan fingerprint density at radius 3 is 2.14 bits per heavy atom. The maximum Gasteiger partial charge on any atom is 0.416 e. The molecule has 0 aliphatic heterocycles. The molecule has 0 unspecified atom stereocenters. The van der Waals surface area contributed by atoms with Crippen LogP contribution in [0, 0.1) is 0 Å². The van der Waals surface area contributed by atoms with E-state index in [1.165, 1.54) is 24.3 Å². The fourth-order valence-electron chi connectivity index (χ4n) is 1.71. The number of nitrogens with one attached hydrogen (secondary N) is 2. The van der Waals surface area contributed by atoms with Crippen LogP contribution < -0.4 is 10.6 Å². The average molecular weight is 312 g/mol. The lowest BCUT2D eigenvalue weighted by Crippen LogP contribution is -2.20. The molecule has 0 fully saturated rings. The van der Waals surface area contributed by atoms with Gasteiger partial charge in [-0.3, -0.25) is 0 Å². The minimum absolute atomic E-state index is 0.0813. The molecular formula is C14H11F3N2O3. The van der Waals surface area contributed by atoms with Crippen LogP contribution in [0.3, 0.4) is 0 Å². The summed E-state index contributed by atoms with van der Waals surface area (Å²) in [6.07, 6.45) is -4.52. The van der Waals surface area contributed by atoms with Gasteiger partial charge in [0.25, 0.3) is 0 Å². The number of rotatable bonds is 2. The molecule has 2 amide bonds. The summed E-state index contributed by atoms with van der Waals surface area (Å²) in [5.41, 5.74) is -1.23. The number of carbonyl (C=O) groups excluding carboxylic acids is 1. The molecule has 0 aliphatic carbocycles. The molecule has 22 heavy (non-hydrogen) atoms. The second kappa shape index (κ2) is 5.84. The van der Waals surface area contributed by atoms with Crippen LogP contribution in [0.2, 0.25) is 0 Å². The molecule has 0 aliphatic rings. The topological polar surface area (TPSA) is 81.6 Å². The molecule has 0 heterocycles. The van der Waals surface area contributed by atoms with Crippen molar-refractivity contribution < 1.29 is 28.2 Å². The molecule has 5 nitrogen and oxygen atoms in total. The van der Waals surface area contributed by atoms with Gasteiger partial charge >= 0.3 is 12.2 Å². The van der Waals surface area contributed by atoms with Crippen molar-refractivity contribution in [3.8, 4) is 11.5 Å². The third-order valence-electron chi connectivity index (χ3n) is 2.71. The molecule has 0 saturated heterocycles. The van der Waals surface area contributed by atoms with E-state index in [0.29, 0.717) is 0 Å². The molecule has 2 aromatic carbocycles. The highest BCUT2D eigenvalue weighted by Crippen LogP contribution is 2.33. The zero-order valence-corrected chi connectivity index (χ0v) is 11.0. The fourth-order valence-corrected chi connectivity index (χ4v) is 1.71. The predicted molar refractivity (Wildman–Crippen MR) is 73.9 cm³/mol. The summed E-state index contributed by atoms with van der Waals surface area (Å²) in [5.74, 6) is -0.751. The normalized spacial score (nSPS) is 11.0. The Balaban J connectivity index is 2.13. The van der Waals surface area contributed by atoms with Crippen LogP contribution in [0.25, 0.3) is 0 Å².